The molecule has 198 valence electrons. The second-order valence-electron chi connectivity index (χ2n) is 12.2. The van der Waals surface area contributed by atoms with E-state index in [-0.39, 0.29) is 0 Å². The maximum atomic E-state index is 2.35. The summed E-state index contributed by atoms with van der Waals surface area (Å²) in [5, 5.41) is 16.1. The number of benzene rings is 9. The van der Waals surface area contributed by atoms with Gasteiger partial charge in [-0.15, -0.1) is 0 Å². The van der Waals surface area contributed by atoms with Gasteiger partial charge in [0.1, 0.15) is 0 Å². The molecule has 9 aromatic carbocycles. The lowest BCUT2D eigenvalue weighted by atomic mass is 9.80. The van der Waals surface area contributed by atoms with E-state index in [4.69, 9.17) is 0 Å². The van der Waals surface area contributed by atoms with Crippen molar-refractivity contribution in [1.29, 1.82) is 0 Å². The smallest absolute Gasteiger partial charge is 0.00206 e. The topological polar surface area (TPSA) is 0 Å². The maximum Gasteiger partial charge on any atom is -0.00206 e. The molecule has 0 spiro atoms. The Morgan fingerprint density at radius 3 is 0.929 bits per heavy atom. The molecule has 0 nitrogen and oxygen atoms in total. The Labute approximate surface area is 245 Å². The first-order valence-corrected chi connectivity index (χ1v) is 15.0. The zero-order chi connectivity index (χ0) is 28.3. The van der Waals surface area contributed by atoms with Crippen molar-refractivity contribution in [3.8, 4) is 22.3 Å². The summed E-state index contributed by atoms with van der Waals surface area (Å²) in [6.45, 7) is 9.31. The van der Waals surface area contributed by atoms with Gasteiger partial charge in [0, 0.05) is 0 Å². The lowest BCUT2D eigenvalue weighted by Gasteiger charge is -2.24. The largest absolute Gasteiger partial charge is 0.0610 e. The third kappa shape index (κ3) is 2.97. The van der Waals surface area contributed by atoms with Gasteiger partial charge in [0.05, 0.1) is 0 Å². The predicted octanol–water partition coefficient (Wildman–Crippen LogP) is 12.0. The molecule has 0 saturated heterocycles. The molecule has 9 aromatic rings. The van der Waals surface area contributed by atoms with E-state index in [1.807, 2.05) is 0 Å². The zero-order valence-electron chi connectivity index (χ0n) is 24.4. The summed E-state index contributed by atoms with van der Waals surface area (Å²) in [7, 11) is 0. The van der Waals surface area contributed by atoms with Crippen LogP contribution in [0.4, 0.5) is 0 Å². The highest BCUT2D eigenvalue weighted by atomic mass is 14.3. The molecule has 0 saturated carbocycles. The minimum atomic E-state index is 1.31. The lowest BCUT2D eigenvalue weighted by molar-refractivity contribution is 1.25. The molecular weight excluding hydrogens is 504 g/mol. The van der Waals surface area contributed by atoms with E-state index >= 15 is 0 Å². The van der Waals surface area contributed by atoms with Crippen LogP contribution in [-0.4, -0.2) is 0 Å². The quantitative estimate of drug-likeness (QED) is 0.193. The third-order valence-electron chi connectivity index (χ3n) is 10.2. The summed E-state index contributed by atoms with van der Waals surface area (Å²) < 4.78 is 0. The Balaban J connectivity index is 1.34. The van der Waals surface area contributed by atoms with Crippen LogP contribution in [0.5, 0.6) is 0 Å². The number of hydrogen-bond acceptors (Lipinski definition) is 0. The van der Waals surface area contributed by atoms with E-state index in [2.05, 4.69) is 137 Å². The Kier molecular flexibility index (Phi) is 4.69. The minimum Gasteiger partial charge on any atom is -0.0610 e. The van der Waals surface area contributed by atoms with Gasteiger partial charge in [-0.25, -0.2) is 0 Å². The molecule has 0 N–H and O–H groups in total. The van der Waals surface area contributed by atoms with Crippen molar-refractivity contribution in [2.45, 2.75) is 27.7 Å². The molecule has 42 heavy (non-hydrogen) atoms. The van der Waals surface area contributed by atoms with Gasteiger partial charge in [0.25, 0.3) is 0 Å². The summed E-state index contributed by atoms with van der Waals surface area (Å²) in [5.41, 5.74) is 10.9. The maximum absolute atomic E-state index is 2.35. The van der Waals surface area contributed by atoms with Crippen LogP contribution in [0.3, 0.4) is 0 Å². The van der Waals surface area contributed by atoms with E-state index in [1.165, 1.54) is 109 Å². The fourth-order valence-electron chi connectivity index (χ4n) is 8.03. The summed E-state index contributed by atoms with van der Waals surface area (Å²) in [6, 6.07) is 41.0. The Morgan fingerprint density at radius 2 is 0.571 bits per heavy atom. The molecule has 0 heteroatoms. The van der Waals surface area contributed by atoms with Crippen LogP contribution in [0.15, 0.2) is 109 Å². The first-order chi connectivity index (χ1) is 20.5. The lowest BCUT2D eigenvalue weighted by Crippen LogP contribution is -2.01. The molecule has 0 aliphatic rings. The molecule has 0 aliphatic heterocycles. The highest BCUT2D eigenvalue weighted by molar-refractivity contribution is 6.27. The van der Waals surface area contributed by atoms with Crippen molar-refractivity contribution < 1.29 is 0 Å². The molecule has 0 aliphatic carbocycles. The van der Waals surface area contributed by atoms with Gasteiger partial charge in [-0.05, 0) is 137 Å². The Hall–Kier alpha value is -4.94. The first kappa shape index (κ1) is 23.7. The molecule has 0 radical (unpaired) electrons. The molecule has 0 aromatic heterocycles. The Bertz CT molecular complexity index is 2300. The van der Waals surface area contributed by atoms with Crippen molar-refractivity contribution in [2.24, 2.45) is 0 Å². The average molecular weight is 535 g/mol. The highest BCUT2D eigenvalue weighted by Crippen LogP contribution is 2.46. The van der Waals surface area contributed by atoms with Crippen molar-refractivity contribution >= 4 is 64.6 Å². The van der Waals surface area contributed by atoms with Gasteiger partial charge < -0.3 is 0 Å². The fraction of sp³-hybridized carbons (Fsp3) is 0.0952. The van der Waals surface area contributed by atoms with Gasteiger partial charge in [-0.2, -0.15) is 0 Å². The van der Waals surface area contributed by atoms with Crippen LogP contribution in [-0.2, 0) is 0 Å². The molecule has 0 atom stereocenters. The summed E-state index contributed by atoms with van der Waals surface area (Å²) in [4.78, 5) is 0. The normalized spacial score (nSPS) is 12.3. The third-order valence-corrected chi connectivity index (χ3v) is 10.2. The van der Waals surface area contributed by atoms with Crippen molar-refractivity contribution in [3.05, 3.63) is 131 Å². The Morgan fingerprint density at radius 1 is 0.286 bits per heavy atom. The molecule has 9 rings (SSSR count). The van der Waals surface area contributed by atoms with E-state index in [9.17, 15) is 0 Å². The van der Waals surface area contributed by atoms with Gasteiger partial charge in [0.2, 0.25) is 0 Å². The summed E-state index contributed by atoms with van der Waals surface area (Å²) in [5.74, 6) is 0. The van der Waals surface area contributed by atoms with E-state index < -0.39 is 0 Å². The fourth-order valence-corrected chi connectivity index (χ4v) is 8.03. The van der Waals surface area contributed by atoms with Gasteiger partial charge in [-0.3, -0.25) is 0 Å². The summed E-state index contributed by atoms with van der Waals surface area (Å²) >= 11 is 0. The minimum absolute atomic E-state index is 1.31. The van der Waals surface area contributed by atoms with Gasteiger partial charge >= 0.3 is 0 Å². The van der Waals surface area contributed by atoms with Crippen LogP contribution >= 0.6 is 0 Å². The predicted molar refractivity (Wildman–Crippen MR) is 184 cm³/mol. The molecule has 0 amide bonds. The monoisotopic (exact) mass is 534 g/mol. The molecule has 0 fully saturated rings. The van der Waals surface area contributed by atoms with Crippen molar-refractivity contribution in [1.82, 2.24) is 0 Å². The second-order valence-corrected chi connectivity index (χ2v) is 12.2. The standard InChI is InChI=1S/C42H30/c1-23-24(2)38(34-20-18-32-14-12-28-8-6-10-30-16-22-36(34)42(32)40(28)30)26(4)25(3)37(23)33-19-17-31-13-11-27-7-5-9-29-15-21-35(33)41(31)39(27)29/h5-22H,1-4H3. The highest BCUT2D eigenvalue weighted by Gasteiger charge is 2.22. The van der Waals surface area contributed by atoms with Gasteiger partial charge in [0.15, 0.2) is 0 Å². The zero-order valence-corrected chi connectivity index (χ0v) is 24.4. The molecular formula is C42H30. The molecule has 0 heterocycles. The SMILES string of the molecule is Cc1c(C)c(-c2ccc3ccc4cccc5ccc2c3c45)c(C)c(C)c1-c1ccc2ccc3cccc4ccc1c2c34. The van der Waals surface area contributed by atoms with Crippen LogP contribution < -0.4 is 0 Å². The van der Waals surface area contributed by atoms with Crippen LogP contribution in [0.25, 0.3) is 86.9 Å². The average Bonchev–Trinajstić information content (AvgIpc) is 3.03. The van der Waals surface area contributed by atoms with Crippen molar-refractivity contribution in [2.75, 3.05) is 0 Å². The van der Waals surface area contributed by atoms with E-state index in [0.29, 0.717) is 0 Å². The number of hydrogen-bond donors (Lipinski definition) is 0. The molecule has 0 unspecified atom stereocenters. The first-order valence-electron chi connectivity index (χ1n) is 15.0. The summed E-state index contributed by atoms with van der Waals surface area (Å²) in [6.07, 6.45) is 0. The van der Waals surface area contributed by atoms with E-state index in [0.717, 1.165) is 0 Å². The van der Waals surface area contributed by atoms with Crippen LogP contribution in [0.1, 0.15) is 22.3 Å². The van der Waals surface area contributed by atoms with Crippen LogP contribution in [0, 0.1) is 27.7 Å². The van der Waals surface area contributed by atoms with Gasteiger partial charge in [-0.1, -0.05) is 109 Å². The number of rotatable bonds is 2. The van der Waals surface area contributed by atoms with Crippen LogP contribution in [0.2, 0.25) is 0 Å². The van der Waals surface area contributed by atoms with E-state index in [1.54, 1.807) is 0 Å². The van der Waals surface area contributed by atoms with Crippen molar-refractivity contribution in [3.63, 3.8) is 0 Å². The second kappa shape index (κ2) is 8.30. The molecule has 0 bridgehead atoms.